The van der Waals surface area contributed by atoms with E-state index in [9.17, 15) is 0 Å². The van der Waals surface area contributed by atoms with Crippen LogP contribution in [0.2, 0.25) is 0 Å². The number of nitrogens with zero attached hydrogens (tertiary/aromatic N) is 2. The van der Waals surface area contributed by atoms with Gasteiger partial charge in [-0.1, -0.05) is 20.3 Å². The molecule has 0 unspecified atom stereocenters. The summed E-state index contributed by atoms with van der Waals surface area (Å²) in [4.78, 5) is 6.81. The predicted molar refractivity (Wildman–Crippen MR) is 73.3 cm³/mol. The zero-order chi connectivity index (χ0) is 12.4. The molecule has 0 aromatic rings. The molecule has 96 valence electrons. The number of aliphatic imine (C=N–C) groups is 1. The van der Waals surface area contributed by atoms with Gasteiger partial charge in [0.2, 0.25) is 0 Å². The monoisotopic (exact) mass is 227 g/mol. The second-order valence-electron chi connectivity index (χ2n) is 5.09. The minimum absolute atomic E-state index is 0.250. The molecule has 1 N–H and O–H groups in total. The second kappa shape index (κ2) is 8.57. The first-order chi connectivity index (χ1) is 7.52. The molecule has 0 fully saturated rings. The van der Waals surface area contributed by atoms with E-state index in [2.05, 4.69) is 49.8 Å². The SMILES string of the molecule is CCCCN/C=N/CCN(CC)C(C)(C)C. The van der Waals surface area contributed by atoms with Crippen LogP contribution in [-0.4, -0.2) is 43.0 Å². The molecule has 0 aliphatic rings. The van der Waals surface area contributed by atoms with Crippen molar-refractivity contribution >= 4 is 6.34 Å². The third-order valence-electron chi connectivity index (χ3n) is 2.69. The number of hydrogen-bond donors (Lipinski definition) is 1. The fraction of sp³-hybridized carbons (Fsp3) is 0.923. The summed E-state index contributed by atoms with van der Waals surface area (Å²) in [5.41, 5.74) is 0.250. The Morgan fingerprint density at radius 1 is 1.25 bits per heavy atom. The van der Waals surface area contributed by atoms with E-state index in [4.69, 9.17) is 0 Å². The van der Waals surface area contributed by atoms with E-state index in [1.54, 1.807) is 0 Å². The van der Waals surface area contributed by atoms with Crippen LogP contribution in [0.1, 0.15) is 47.5 Å². The molecule has 0 amide bonds. The molecular weight excluding hydrogens is 198 g/mol. The van der Waals surface area contributed by atoms with Crippen LogP contribution in [-0.2, 0) is 0 Å². The first-order valence-electron chi connectivity index (χ1n) is 6.49. The topological polar surface area (TPSA) is 27.6 Å². The molecular formula is C13H29N3. The highest BCUT2D eigenvalue weighted by Gasteiger charge is 2.18. The van der Waals surface area contributed by atoms with Gasteiger partial charge in [-0.2, -0.15) is 0 Å². The highest BCUT2D eigenvalue weighted by Crippen LogP contribution is 2.11. The molecule has 0 aliphatic heterocycles. The van der Waals surface area contributed by atoms with Crippen molar-refractivity contribution in [3.05, 3.63) is 0 Å². The molecule has 0 radical (unpaired) electrons. The average Bonchev–Trinajstić information content (AvgIpc) is 2.20. The standard InChI is InChI=1S/C13H29N3/c1-6-8-9-14-12-15-10-11-16(7-2)13(3,4)5/h12H,6-11H2,1-5H3,(H,14,15). The predicted octanol–water partition coefficient (Wildman–Crippen LogP) is 2.52. The van der Waals surface area contributed by atoms with Crippen LogP contribution in [0.4, 0.5) is 0 Å². The zero-order valence-corrected chi connectivity index (χ0v) is 11.7. The highest BCUT2D eigenvalue weighted by atomic mass is 15.2. The van der Waals surface area contributed by atoms with Crippen molar-refractivity contribution in [2.75, 3.05) is 26.2 Å². The van der Waals surface area contributed by atoms with E-state index in [0.29, 0.717) is 0 Å². The molecule has 3 nitrogen and oxygen atoms in total. The largest absolute Gasteiger partial charge is 0.376 e. The van der Waals surface area contributed by atoms with Gasteiger partial charge in [0, 0.05) is 18.6 Å². The van der Waals surface area contributed by atoms with Crippen LogP contribution in [0.5, 0.6) is 0 Å². The Kier molecular flexibility index (Phi) is 8.26. The molecule has 0 heterocycles. The molecule has 0 rings (SSSR count). The maximum atomic E-state index is 4.37. The van der Waals surface area contributed by atoms with Crippen molar-refractivity contribution in [3.63, 3.8) is 0 Å². The average molecular weight is 227 g/mol. The van der Waals surface area contributed by atoms with Gasteiger partial charge in [0.1, 0.15) is 0 Å². The van der Waals surface area contributed by atoms with Crippen LogP contribution >= 0.6 is 0 Å². The number of unbranched alkanes of at least 4 members (excludes halogenated alkanes) is 1. The summed E-state index contributed by atoms with van der Waals surface area (Å²) < 4.78 is 0. The first kappa shape index (κ1) is 15.4. The van der Waals surface area contributed by atoms with Crippen molar-refractivity contribution in [3.8, 4) is 0 Å². The van der Waals surface area contributed by atoms with Gasteiger partial charge >= 0.3 is 0 Å². The van der Waals surface area contributed by atoms with E-state index >= 15 is 0 Å². The minimum Gasteiger partial charge on any atom is -0.376 e. The van der Waals surface area contributed by atoms with Crippen molar-refractivity contribution in [2.45, 2.75) is 53.0 Å². The molecule has 3 heteroatoms. The maximum Gasteiger partial charge on any atom is 0.0824 e. The highest BCUT2D eigenvalue weighted by molar-refractivity contribution is 5.53. The van der Waals surface area contributed by atoms with Gasteiger partial charge in [-0.15, -0.1) is 0 Å². The summed E-state index contributed by atoms with van der Waals surface area (Å²) in [6.45, 7) is 15.2. The lowest BCUT2D eigenvalue weighted by atomic mass is 10.1. The van der Waals surface area contributed by atoms with E-state index in [1.807, 2.05) is 6.34 Å². The maximum absolute atomic E-state index is 4.37. The van der Waals surface area contributed by atoms with Crippen molar-refractivity contribution in [1.29, 1.82) is 0 Å². The zero-order valence-electron chi connectivity index (χ0n) is 11.7. The summed E-state index contributed by atoms with van der Waals surface area (Å²) in [5, 5.41) is 3.21. The van der Waals surface area contributed by atoms with Gasteiger partial charge < -0.3 is 5.32 Å². The van der Waals surface area contributed by atoms with E-state index in [-0.39, 0.29) is 5.54 Å². The number of nitrogens with one attached hydrogen (secondary N) is 1. The Morgan fingerprint density at radius 2 is 1.94 bits per heavy atom. The Hall–Kier alpha value is -0.570. The van der Waals surface area contributed by atoms with Gasteiger partial charge in [-0.25, -0.2) is 0 Å². The van der Waals surface area contributed by atoms with Crippen molar-refractivity contribution in [2.24, 2.45) is 4.99 Å². The first-order valence-corrected chi connectivity index (χ1v) is 6.49. The minimum atomic E-state index is 0.250. The lowest BCUT2D eigenvalue weighted by molar-refractivity contribution is 0.150. The van der Waals surface area contributed by atoms with E-state index in [0.717, 1.165) is 26.2 Å². The van der Waals surface area contributed by atoms with Crippen molar-refractivity contribution in [1.82, 2.24) is 10.2 Å². The van der Waals surface area contributed by atoms with Crippen LogP contribution in [0.15, 0.2) is 4.99 Å². The number of hydrogen-bond acceptors (Lipinski definition) is 2. The summed E-state index contributed by atoms with van der Waals surface area (Å²) in [7, 11) is 0. The third kappa shape index (κ3) is 7.69. The van der Waals surface area contributed by atoms with Crippen LogP contribution in [0, 0.1) is 0 Å². The second-order valence-corrected chi connectivity index (χ2v) is 5.09. The number of likely N-dealkylation sites (N-methyl/N-ethyl adjacent to an activating group) is 1. The van der Waals surface area contributed by atoms with E-state index in [1.165, 1.54) is 12.8 Å². The smallest absolute Gasteiger partial charge is 0.0824 e. The molecule has 0 atom stereocenters. The lowest BCUT2D eigenvalue weighted by Gasteiger charge is -2.34. The lowest BCUT2D eigenvalue weighted by Crippen LogP contribution is -2.42. The van der Waals surface area contributed by atoms with Gasteiger partial charge in [0.25, 0.3) is 0 Å². The molecule has 0 aliphatic carbocycles. The Morgan fingerprint density at radius 3 is 2.44 bits per heavy atom. The summed E-state index contributed by atoms with van der Waals surface area (Å²) in [5.74, 6) is 0. The van der Waals surface area contributed by atoms with Gasteiger partial charge in [-0.3, -0.25) is 9.89 Å². The van der Waals surface area contributed by atoms with Crippen molar-refractivity contribution < 1.29 is 0 Å². The Labute approximate surface area is 101 Å². The quantitative estimate of drug-likeness (QED) is 0.392. The van der Waals surface area contributed by atoms with Crippen LogP contribution < -0.4 is 5.32 Å². The Bertz CT molecular complexity index is 182. The normalized spacial score (nSPS) is 12.6. The van der Waals surface area contributed by atoms with Gasteiger partial charge in [-0.05, 0) is 33.7 Å². The molecule has 0 aromatic carbocycles. The van der Waals surface area contributed by atoms with Crippen LogP contribution in [0.25, 0.3) is 0 Å². The Balaban J connectivity index is 3.63. The summed E-state index contributed by atoms with van der Waals surface area (Å²) in [6.07, 6.45) is 4.30. The molecule has 16 heavy (non-hydrogen) atoms. The van der Waals surface area contributed by atoms with Gasteiger partial charge in [0.15, 0.2) is 0 Å². The summed E-state index contributed by atoms with van der Waals surface area (Å²) >= 11 is 0. The molecule has 0 bridgehead atoms. The molecule has 0 saturated heterocycles. The molecule has 0 aromatic heterocycles. The summed E-state index contributed by atoms with van der Waals surface area (Å²) in [6, 6.07) is 0. The fourth-order valence-electron chi connectivity index (χ4n) is 1.62. The fourth-order valence-corrected chi connectivity index (χ4v) is 1.62. The number of rotatable bonds is 8. The third-order valence-corrected chi connectivity index (χ3v) is 2.69. The molecule has 0 saturated carbocycles. The molecule has 0 spiro atoms. The van der Waals surface area contributed by atoms with Gasteiger partial charge in [0.05, 0.1) is 12.9 Å². The van der Waals surface area contributed by atoms with E-state index < -0.39 is 0 Å². The van der Waals surface area contributed by atoms with Crippen LogP contribution in [0.3, 0.4) is 0 Å².